The van der Waals surface area contributed by atoms with Crippen molar-refractivity contribution in [1.29, 1.82) is 0 Å². The highest BCUT2D eigenvalue weighted by Crippen LogP contribution is 2.18. The Labute approximate surface area is 319 Å². The third kappa shape index (κ3) is 39.9. The van der Waals surface area contributed by atoms with E-state index in [-0.39, 0.29) is 25.2 Å². The molecule has 0 rings (SSSR count). The van der Waals surface area contributed by atoms with Crippen molar-refractivity contribution < 1.29 is 24.2 Å². The quantitative estimate of drug-likeness (QED) is 0.0502. The molecule has 0 heterocycles. The first-order chi connectivity index (χ1) is 24.9. The minimum atomic E-state index is -0.763. The standard InChI is InChI=1S/C46H90O5/c1-5-43(4)37-33-29-25-21-17-13-10-11-15-19-23-27-31-35-39-46(49)51-44(40-47)41-50-45(48)38-34-30-26-22-18-14-9-7-6-8-12-16-20-24-28-32-36-42(2)3/h42-44,47H,5-41H2,1-4H3/t43?,44-/m0/s1. The number of hydrogen-bond acceptors (Lipinski definition) is 5. The number of unbranched alkanes of at least 4 members (excludes halogenated alkanes) is 28. The highest BCUT2D eigenvalue weighted by molar-refractivity contribution is 5.70. The van der Waals surface area contributed by atoms with Crippen LogP contribution in [0.3, 0.4) is 0 Å². The van der Waals surface area contributed by atoms with Crippen LogP contribution in [0.25, 0.3) is 0 Å². The average molecular weight is 723 g/mol. The largest absolute Gasteiger partial charge is 0.462 e. The van der Waals surface area contributed by atoms with Crippen LogP contribution >= 0.6 is 0 Å². The Balaban J connectivity index is 3.47. The summed E-state index contributed by atoms with van der Waals surface area (Å²) in [6.07, 6.45) is 43.1. The molecule has 304 valence electrons. The van der Waals surface area contributed by atoms with Crippen LogP contribution in [0, 0.1) is 11.8 Å². The van der Waals surface area contributed by atoms with Gasteiger partial charge in [0.15, 0.2) is 6.10 Å². The summed E-state index contributed by atoms with van der Waals surface area (Å²) in [6.45, 7) is 8.93. The molecule has 5 heteroatoms. The molecular weight excluding hydrogens is 633 g/mol. The zero-order valence-corrected chi connectivity index (χ0v) is 35.0. The maximum Gasteiger partial charge on any atom is 0.306 e. The number of rotatable bonds is 41. The third-order valence-electron chi connectivity index (χ3n) is 10.9. The van der Waals surface area contributed by atoms with E-state index in [1.54, 1.807) is 0 Å². The Kier molecular flexibility index (Phi) is 39.2. The summed E-state index contributed by atoms with van der Waals surface area (Å²) < 4.78 is 10.7. The predicted molar refractivity (Wildman–Crippen MR) is 219 cm³/mol. The van der Waals surface area contributed by atoms with Crippen molar-refractivity contribution in [3.8, 4) is 0 Å². The summed E-state index contributed by atoms with van der Waals surface area (Å²) in [6, 6.07) is 0. The van der Waals surface area contributed by atoms with Gasteiger partial charge in [0.1, 0.15) is 6.61 Å². The summed E-state index contributed by atoms with van der Waals surface area (Å²) in [7, 11) is 0. The van der Waals surface area contributed by atoms with Gasteiger partial charge in [-0.3, -0.25) is 9.59 Å². The van der Waals surface area contributed by atoms with Gasteiger partial charge in [-0.1, -0.05) is 227 Å². The van der Waals surface area contributed by atoms with E-state index in [1.807, 2.05) is 0 Å². The Morgan fingerprint density at radius 2 is 0.765 bits per heavy atom. The zero-order chi connectivity index (χ0) is 37.5. The number of esters is 2. The van der Waals surface area contributed by atoms with Gasteiger partial charge in [-0.15, -0.1) is 0 Å². The lowest BCUT2D eigenvalue weighted by Crippen LogP contribution is -2.28. The lowest BCUT2D eigenvalue weighted by Gasteiger charge is -2.15. The van der Waals surface area contributed by atoms with Gasteiger partial charge < -0.3 is 14.6 Å². The van der Waals surface area contributed by atoms with Crippen LogP contribution in [-0.4, -0.2) is 36.4 Å². The maximum atomic E-state index is 12.2. The summed E-state index contributed by atoms with van der Waals surface area (Å²) in [5, 5.41) is 9.59. The molecule has 0 aromatic carbocycles. The molecule has 5 nitrogen and oxygen atoms in total. The summed E-state index contributed by atoms with van der Waals surface area (Å²) in [5.74, 6) is 1.19. The van der Waals surface area contributed by atoms with Gasteiger partial charge in [-0.05, 0) is 24.7 Å². The number of aliphatic hydroxyl groups is 1. The molecule has 0 fully saturated rings. The van der Waals surface area contributed by atoms with E-state index in [2.05, 4.69) is 27.7 Å². The average Bonchev–Trinajstić information content (AvgIpc) is 3.12. The van der Waals surface area contributed by atoms with Crippen LogP contribution < -0.4 is 0 Å². The van der Waals surface area contributed by atoms with Gasteiger partial charge >= 0.3 is 11.9 Å². The van der Waals surface area contributed by atoms with Crippen molar-refractivity contribution in [2.24, 2.45) is 11.8 Å². The first-order valence-corrected chi connectivity index (χ1v) is 22.8. The smallest absolute Gasteiger partial charge is 0.306 e. The number of ether oxygens (including phenoxy) is 2. The fourth-order valence-electron chi connectivity index (χ4n) is 7.01. The number of hydrogen-bond donors (Lipinski definition) is 1. The molecule has 0 aliphatic heterocycles. The Morgan fingerprint density at radius 1 is 0.451 bits per heavy atom. The Bertz CT molecular complexity index is 722. The van der Waals surface area contributed by atoms with Gasteiger partial charge in [-0.25, -0.2) is 0 Å². The third-order valence-corrected chi connectivity index (χ3v) is 10.9. The molecule has 0 amide bonds. The first-order valence-electron chi connectivity index (χ1n) is 22.8. The monoisotopic (exact) mass is 723 g/mol. The molecule has 1 N–H and O–H groups in total. The van der Waals surface area contributed by atoms with E-state index < -0.39 is 6.10 Å². The van der Waals surface area contributed by atoms with E-state index in [0.29, 0.717) is 12.8 Å². The second-order valence-electron chi connectivity index (χ2n) is 16.6. The van der Waals surface area contributed by atoms with Gasteiger partial charge in [0.2, 0.25) is 0 Å². The summed E-state index contributed by atoms with van der Waals surface area (Å²) in [5.41, 5.74) is 0. The van der Waals surface area contributed by atoms with Gasteiger partial charge in [-0.2, -0.15) is 0 Å². The molecular formula is C46H90O5. The first kappa shape index (κ1) is 49.9. The van der Waals surface area contributed by atoms with Crippen LogP contribution in [-0.2, 0) is 19.1 Å². The van der Waals surface area contributed by atoms with E-state index in [4.69, 9.17) is 9.47 Å². The lowest BCUT2D eigenvalue weighted by molar-refractivity contribution is -0.161. The highest BCUT2D eigenvalue weighted by Gasteiger charge is 2.16. The number of carbonyl (C=O) groups is 2. The fraction of sp³-hybridized carbons (Fsp3) is 0.957. The number of carbonyl (C=O) groups excluding carboxylic acids is 2. The zero-order valence-electron chi connectivity index (χ0n) is 35.0. The second kappa shape index (κ2) is 40.1. The predicted octanol–water partition coefficient (Wildman–Crippen LogP) is 14.4. The topological polar surface area (TPSA) is 72.8 Å². The van der Waals surface area contributed by atoms with Crippen LogP contribution in [0.4, 0.5) is 0 Å². The van der Waals surface area contributed by atoms with Crippen molar-refractivity contribution in [1.82, 2.24) is 0 Å². The molecule has 0 aliphatic rings. The van der Waals surface area contributed by atoms with E-state index in [1.165, 1.54) is 180 Å². The molecule has 0 aliphatic carbocycles. The lowest BCUT2D eigenvalue weighted by atomic mass is 9.99. The minimum Gasteiger partial charge on any atom is -0.462 e. The molecule has 1 unspecified atom stereocenters. The van der Waals surface area contributed by atoms with Crippen LogP contribution in [0.1, 0.15) is 252 Å². The molecule has 51 heavy (non-hydrogen) atoms. The van der Waals surface area contributed by atoms with E-state index >= 15 is 0 Å². The van der Waals surface area contributed by atoms with Crippen molar-refractivity contribution in [2.75, 3.05) is 13.2 Å². The fourth-order valence-corrected chi connectivity index (χ4v) is 7.01. The van der Waals surface area contributed by atoms with Gasteiger partial charge in [0.05, 0.1) is 6.61 Å². The van der Waals surface area contributed by atoms with Crippen LogP contribution in [0.15, 0.2) is 0 Å². The minimum absolute atomic E-state index is 0.0576. The Hall–Kier alpha value is -1.10. The van der Waals surface area contributed by atoms with Gasteiger partial charge in [0.25, 0.3) is 0 Å². The van der Waals surface area contributed by atoms with Crippen LogP contribution in [0.2, 0.25) is 0 Å². The maximum absolute atomic E-state index is 12.2. The number of aliphatic hydroxyl groups excluding tert-OH is 1. The second-order valence-corrected chi connectivity index (χ2v) is 16.6. The van der Waals surface area contributed by atoms with E-state index in [9.17, 15) is 14.7 Å². The van der Waals surface area contributed by atoms with E-state index in [0.717, 1.165) is 43.9 Å². The van der Waals surface area contributed by atoms with Crippen molar-refractivity contribution >= 4 is 11.9 Å². The molecule has 0 aromatic heterocycles. The molecule has 0 saturated heterocycles. The molecule has 0 radical (unpaired) electrons. The Morgan fingerprint density at radius 3 is 1.10 bits per heavy atom. The molecule has 0 spiro atoms. The normalized spacial score (nSPS) is 12.7. The SMILES string of the molecule is CCC(C)CCCCCCCCCCCCCCCCC(=O)O[C@@H](CO)COC(=O)CCCCCCCCCCCCCCCCCCC(C)C. The van der Waals surface area contributed by atoms with Gasteiger partial charge in [0, 0.05) is 12.8 Å². The summed E-state index contributed by atoms with van der Waals surface area (Å²) in [4.78, 5) is 24.4. The molecule has 0 saturated carbocycles. The molecule has 0 bridgehead atoms. The van der Waals surface area contributed by atoms with Crippen molar-refractivity contribution in [3.05, 3.63) is 0 Å². The molecule has 0 aromatic rings. The highest BCUT2D eigenvalue weighted by atomic mass is 16.6. The summed E-state index contributed by atoms with van der Waals surface area (Å²) >= 11 is 0. The van der Waals surface area contributed by atoms with Crippen molar-refractivity contribution in [3.63, 3.8) is 0 Å². The van der Waals surface area contributed by atoms with Crippen molar-refractivity contribution in [2.45, 2.75) is 259 Å². The molecule has 2 atom stereocenters. The van der Waals surface area contributed by atoms with Crippen LogP contribution in [0.5, 0.6) is 0 Å².